The summed E-state index contributed by atoms with van der Waals surface area (Å²) in [5, 5.41) is 3.03. The zero-order chi connectivity index (χ0) is 16.2. The van der Waals surface area contributed by atoms with E-state index in [-0.39, 0.29) is 12.1 Å². The highest BCUT2D eigenvalue weighted by atomic mass is 32.2. The molecule has 0 radical (unpaired) electrons. The van der Waals surface area contributed by atoms with E-state index in [1.165, 1.54) is 29.8 Å². The molecule has 0 aromatic heterocycles. The lowest BCUT2D eigenvalue weighted by Gasteiger charge is -2.35. The minimum absolute atomic E-state index is 0.0855. The number of carbonyl (C=O) groups is 1. The predicted molar refractivity (Wildman–Crippen MR) is 86.3 cm³/mol. The second-order valence-corrected chi connectivity index (χ2v) is 8.34. The van der Waals surface area contributed by atoms with Crippen molar-refractivity contribution in [2.75, 3.05) is 52.1 Å². The van der Waals surface area contributed by atoms with Gasteiger partial charge >= 0.3 is 6.03 Å². The average molecular weight is 332 g/mol. The van der Waals surface area contributed by atoms with Crippen molar-refractivity contribution in [3.8, 4) is 0 Å². The molecule has 8 heteroatoms. The lowest BCUT2D eigenvalue weighted by molar-refractivity contribution is 0.162. The molecule has 2 fully saturated rings. The van der Waals surface area contributed by atoms with E-state index in [1.807, 2.05) is 6.92 Å². The molecule has 0 aliphatic carbocycles. The Hall–Kier alpha value is -0.860. The van der Waals surface area contributed by atoms with Crippen LogP contribution in [-0.2, 0) is 10.0 Å². The Balaban J connectivity index is 1.73. The second-order valence-electron chi connectivity index (χ2n) is 6.36. The van der Waals surface area contributed by atoms with Gasteiger partial charge in [0.25, 0.3) is 0 Å². The van der Waals surface area contributed by atoms with Crippen LogP contribution in [0.25, 0.3) is 0 Å². The number of rotatable bonds is 4. The van der Waals surface area contributed by atoms with Gasteiger partial charge in [0.2, 0.25) is 10.0 Å². The van der Waals surface area contributed by atoms with Crippen molar-refractivity contribution in [2.45, 2.75) is 32.2 Å². The van der Waals surface area contributed by atoms with E-state index in [9.17, 15) is 13.2 Å². The first-order chi connectivity index (χ1) is 10.4. The monoisotopic (exact) mass is 332 g/mol. The number of hydrogen-bond acceptors (Lipinski definition) is 4. The summed E-state index contributed by atoms with van der Waals surface area (Å²) in [6.07, 6.45) is 5.01. The van der Waals surface area contributed by atoms with E-state index in [4.69, 9.17) is 0 Å². The topological polar surface area (TPSA) is 73.0 Å². The predicted octanol–water partition coefficient (Wildman–Crippen LogP) is 0.148. The number of nitrogens with one attached hydrogen (secondary N) is 1. The van der Waals surface area contributed by atoms with Gasteiger partial charge in [-0.05, 0) is 32.9 Å². The summed E-state index contributed by atoms with van der Waals surface area (Å²) in [6.45, 7) is 6.82. The molecule has 1 atom stereocenters. The summed E-state index contributed by atoms with van der Waals surface area (Å²) >= 11 is 0. The Morgan fingerprint density at radius 3 is 2.18 bits per heavy atom. The van der Waals surface area contributed by atoms with Crippen LogP contribution in [0.3, 0.4) is 0 Å². The smallest absolute Gasteiger partial charge is 0.317 e. The van der Waals surface area contributed by atoms with E-state index >= 15 is 0 Å². The summed E-state index contributed by atoms with van der Waals surface area (Å²) in [4.78, 5) is 16.3. The van der Waals surface area contributed by atoms with Gasteiger partial charge < -0.3 is 15.1 Å². The maximum absolute atomic E-state index is 12.2. The molecule has 7 nitrogen and oxygen atoms in total. The van der Waals surface area contributed by atoms with E-state index in [0.29, 0.717) is 26.2 Å². The van der Waals surface area contributed by atoms with Gasteiger partial charge in [-0.3, -0.25) is 0 Å². The molecule has 0 saturated carbocycles. The van der Waals surface area contributed by atoms with E-state index < -0.39 is 10.0 Å². The van der Waals surface area contributed by atoms with E-state index in [0.717, 1.165) is 19.6 Å². The van der Waals surface area contributed by atoms with Gasteiger partial charge in [0.1, 0.15) is 0 Å². The molecular weight excluding hydrogens is 304 g/mol. The number of nitrogens with zero attached hydrogens (tertiary/aromatic N) is 3. The van der Waals surface area contributed by atoms with Crippen molar-refractivity contribution in [1.29, 1.82) is 0 Å². The van der Waals surface area contributed by atoms with Crippen molar-refractivity contribution in [3.63, 3.8) is 0 Å². The molecule has 2 rings (SSSR count). The van der Waals surface area contributed by atoms with Crippen LogP contribution in [0.15, 0.2) is 0 Å². The lowest BCUT2D eigenvalue weighted by atomic mass is 10.1. The Bertz CT molecular complexity index is 468. The minimum atomic E-state index is -3.15. The summed E-state index contributed by atoms with van der Waals surface area (Å²) in [7, 11) is -3.15. The molecule has 2 aliphatic heterocycles. The van der Waals surface area contributed by atoms with Gasteiger partial charge in [-0.1, -0.05) is 6.42 Å². The Morgan fingerprint density at radius 2 is 1.64 bits per heavy atom. The van der Waals surface area contributed by atoms with Gasteiger partial charge in [-0.2, -0.15) is 4.31 Å². The van der Waals surface area contributed by atoms with Crippen molar-refractivity contribution >= 4 is 16.1 Å². The highest BCUT2D eigenvalue weighted by molar-refractivity contribution is 7.88. The number of carbonyl (C=O) groups excluding carboxylic acids is 1. The van der Waals surface area contributed by atoms with Crippen LogP contribution in [0.2, 0.25) is 0 Å². The largest absolute Gasteiger partial charge is 0.334 e. The van der Waals surface area contributed by atoms with Crippen LogP contribution < -0.4 is 5.32 Å². The van der Waals surface area contributed by atoms with E-state index in [1.54, 1.807) is 4.90 Å². The van der Waals surface area contributed by atoms with Gasteiger partial charge in [0.15, 0.2) is 0 Å². The van der Waals surface area contributed by atoms with Crippen LogP contribution in [0.5, 0.6) is 0 Å². The second kappa shape index (κ2) is 7.61. The SMILES string of the molecule is CC(CN1CCCCC1)NC(=O)N1CCN(S(C)(=O)=O)CC1. The summed E-state index contributed by atoms with van der Waals surface area (Å²) < 4.78 is 24.4. The molecule has 2 aliphatic rings. The lowest BCUT2D eigenvalue weighted by Crippen LogP contribution is -2.55. The van der Waals surface area contributed by atoms with Crippen LogP contribution in [0, 0.1) is 0 Å². The van der Waals surface area contributed by atoms with E-state index in [2.05, 4.69) is 10.2 Å². The molecule has 22 heavy (non-hydrogen) atoms. The molecule has 2 heterocycles. The number of likely N-dealkylation sites (tertiary alicyclic amines) is 1. The Kier molecular flexibility index (Phi) is 6.05. The fourth-order valence-corrected chi connectivity index (χ4v) is 3.93. The quantitative estimate of drug-likeness (QED) is 0.795. The summed E-state index contributed by atoms with van der Waals surface area (Å²) in [6, 6.07) is 0.0243. The molecule has 1 N–H and O–H groups in total. The zero-order valence-corrected chi connectivity index (χ0v) is 14.4. The Morgan fingerprint density at radius 1 is 1.05 bits per heavy atom. The number of piperazine rings is 1. The summed E-state index contributed by atoms with van der Waals surface area (Å²) in [5.74, 6) is 0. The molecule has 128 valence electrons. The van der Waals surface area contributed by atoms with Gasteiger partial charge in [-0.15, -0.1) is 0 Å². The van der Waals surface area contributed by atoms with Gasteiger partial charge in [0.05, 0.1) is 6.26 Å². The normalized spacial score (nSPS) is 23.3. The van der Waals surface area contributed by atoms with Crippen molar-refractivity contribution in [1.82, 2.24) is 19.4 Å². The molecule has 0 spiro atoms. The van der Waals surface area contributed by atoms with Gasteiger partial charge in [-0.25, -0.2) is 13.2 Å². The van der Waals surface area contributed by atoms with Gasteiger partial charge in [0, 0.05) is 38.8 Å². The third-order valence-corrected chi connectivity index (χ3v) is 5.65. The molecule has 1 unspecified atom stereocenters. The third-order valence-electron chi connectivity index (χ3n) is 4.35. The van der Waals surface area contributed by atoms with Crippen LogP contribution in [0.4, 0.5) is 4.79 Å². The third kappa shape index (κ3) is 5.10. The molecular formula is C14H28N4O3S. The van der Waals surface area contributed by atoms with Crippen molar-refractivity contribution < 1.29 is 13.2 Å². The molecule has 2 amide bonds. The van der Waals surface area contributed by atoms with Crippen molar-refractivity contribution in [2.24, 2.45) is 0 Å². The molecule has 0 aromatic carbocycles. The number of piperidine rings is 1. The fourth-order valence-electron chi connectivity index (χ4n) is 3.10. The molecule has 2 saturated heterocycles. The average Bonchev–Trinajstić information content (AvgIpc) is 2.47. The number of sulfonamides is 1. The highest BCUT2D eigenvalue weighted by Gasteiger charge is 2.26. The first kappa shape index (κ1) is 17.5. The zero-order valence-electron chi connectivity index (χ0n) is 13.6. The number of amides is 2. The maximum Gasteiger partial charge on any atom is 0.317 e. The first-order valence-corrected chi connectivity index (χ1v) is 9.94. The molecule has 0 aromatic rings. The standard InChI is InChI=1S/C14H28N4O3S/c1-13(12-16-6-4-3-5-7-16)15-14(19)17-8-10-18(11-9-17)22(2,20)21/h13H,3-12H2,1-2H3,(H,15,19). The highest BCUT2D eigenvalue weighted by Crippen LogP contribution is 2.09. The van der Waals surface area contributed by atoms with Crippen LogP contribution in [0.1, 0.15) is 26.2 Å². The molecule has 0 bridgehead atoms. The number of hydrogen-bond donors (Lipinski definition) is 1. The first-order valence-electron chi connectivity index (χ1n) is 8.09. The van der Waals surface area contributed by atoms with Crippen molar-refractivity contribution in [3.05, 3.63) is 0 Å². The number of urea groups is 1. The Labute approximate surface area is 133 Å². The maximum atomic E-state index is 12.2. The van der Waals surface area contributed by atoms with Crippen LogP contribution in [-0.4, -0.2) is 86.7 Å². The van der Waals surface area contributed by atoms with Crippen LogP contribution >= 0.6 is 0 Å². The summed E-state index contributed by atoms with van der Waals surface area (Å²) in [5.41, 5.74) is 0. The minimum Gasteiger partial charge on any atom is -0.334 e. The fraction of sp³-hybridized carbons (Fsp3) is 0.929.